The van der Waals surface area contributed by atoms with Crippen LogP contribution in [0.3, 0.4) is 0 Å². The Kier molecular flexibility index (Phi) is 5.90. The molecule has 4 nitrogen and oxygen atoms in total. The molecule has 26 heavy (non-hydrogen) atoms. The molecule has 0 radical (unpaired) electrons. The van der Waals surface area contributed by atoms with E-state index in [1.54, 1.807) is 18.4 Å². The van der Waals surface area contributed by atoms with Crippen LogP contribution < -0.4 is 15.4 Å². The molecule has 4 rings (SSSR count). The Labute approximate surface area is 164 Å². The number of nitrogens with one attached hydrogen (secondary N) is 2. The number of methoxy groups -OCH3 is 1. The van der Waals surface area contributed by atoms with Gasteiger partial charge >= 0.3 is 0 Å². The molecule has 1 saturated carbocycles. The lowest BCUT2D eigenvalue weighted by Crippen LogP contribution is -2.33. The maximum atomic E-state index is 12.5. The van der Waals surface area contributed by atoms with Gasteiger partial charge in [0.1, 0.15) is 5.75 Å². The van der Waals surface area contributed by atoms with Gasteiger partial charge in [0.15, 0.2) is 0 Å². The zero-order valence-electron chi connectivity index (χ0n) is 14.9. The van der Waals surface area contributed by atoms with Crippen LogP contribution in [0.5, 0.6) is 5.75 Å². The molecule has 1 atom stereocenters. The van der Waals surface area contributed by atoms with E-state index in [9.17, 15) is 4.79 Å². The van der Waals surface area contributed by atoms with Gasteiger partial charge < -0.3 is 15.4 Å². The Morgan fingerprint density at radius 2 is 1.96 bits per heavy atom. The van der Waals surface area contributed by atoms with Crippen molar-refractivity contribution in [3.8, 4) is 16.2 Å². The number of piperidine rings is 1. The monoisotopic (exact) mass is 392 g/mol. The maximum absolute atomic E-state index is 12.5. The first-order chi connectivity index (χ1) is 12.2. The number of hydrogen-bond acceptors (Lipinski definition) is 4. The van der Waals surface area contributed by atoms with Gasteiger partial charge in [-0.25, -0.2) is 0 Å². The number of hydrogen-bond donors (Lipinski definition) is 2. The van der Waals surface area contributed by atoms with Crippen molar-refractivity contribution < 1.29 is 9.53 Å². The van der Waals surface area contributed by atoms with Gasteiger partial charge in [0.2, 0.25) is 5.91 Å². The molecule has 0 bridgehead atoms. The van der Waals surface area contributed by atoms with E-state index >= 15 is 0 Å². The Morgan fingerprint density at radius 3 is 2.65 bits per heavy atom. The van der Waals surface area contributed by atoms with Crippen LogP contribution in [-0.4, -0.2) is 26.1 Å². The molecular formula is C20H25ClN2O2S. The van der Waals surface area contributed by atoms with Crippen molar-refractivity contribution in [1.29, 1.82) is 0 Å². The zero-order valence-corrected chi connectivity index (χ0v) is 16.6. The smallest absolute Gasteiger partial charge is 0.223 e. The fourth-order valence-electron chi connectivity index (χ4n) is 3.88. The third kappa shape index (κ3) is 3.90. The van der Waals surface area contributed by atoms with Gasteiger partial charge in [0, 0.05) is 15.7 Å². The molecule has 2 aromatic rings. The van der Waals surface area contributed by atoms with Crippen molar-refractivity contribution in [2.75, 3.05) is 20.2 Å². The van der Waals surface area contributed by atoms with Crippen molar-refractivity contribution >= 4 is 29.7 Å². The second-order valence-electron chi connectivity index (χ2n) is 7.08. The van der Waals surface area contributed by atoms with Crippen molar-refractivity contribution in [3.63, 3.8) is 0 Å². The Hall–Kier alpha value is -1.56. The summed E-state index contributed by atoms with van der Waals surface area (Å²) < 4.78 is 5.20. The van der Waals surface area contributed by atoms with E-state index < -0.39 is 0 Å². The maximum Gasteiger partial charge on any atom is 0.223 e. The minimum Gasteiger partial charge on any atom is -0.497 e. The standard InChI is InChI=1S/C20H24N2O2S.ClH/c1-24-15-4-2-14(3-5-15)18-7-6-16(25-18)13-22-19(23)17-12-20(17)8-10-21-11-9-20;/h2-7,17,21H,8-13H2,1H3,(H,22,23);1H. The number of amides is 1. The molecule has 2 fully saturated rings. The molecule has 1 saturated heterocycles. The fraction of sp³-hybridized carbons (Fsp3) is 0.450. The molecular weight excluding hydrogens is 368 g/mol. The lowest BCUT2D eigenvalue weighted by atomic mass is 9.92. The molecule has 1 unspecified atom stereocenters. The van der Waals surface area contributed by atoms with Crippen LogP contribution in [0.4, 0.5) is 0 Å². The molecule has 6 heteroatoms. The van der Waals surface area contributed by atoms with Gasteiger partial charge in [0.25, 0.3) is 0 Å². The van der Waals surface area contributed by atoms with Crippen LogP contribution in [0.25, 0.3) is 10.4 Å². The fourth-order valence-corrected chi connectivity index (χ4v) is 4.83. The minimum atomic E-state index is 0. The number of thiophene rings is 1. The van der Waals surface area contributed by atoms with Crippen molar-refractivity contribution in [3.05, 3.63) is 41.3 Å². The minimum absolute atomic E-state index is 0. The summed E-state index contributed by atoms with van der Waals surface area (Å²) in [5.74, 6) is 1.33. The molecule has 1 aliphatic heterocycles. The number of carbonyl (C=O) groups excluding carboxylic acids is 1. The highest BCUT2D eigenvalue weighted by atomic mass is 35.5. The van der Waals surface area contributed by atoms with Gasteiger partial charge in [-0.15, -0.1) is 23.7 Å². The normalized spacial score (nSPS) is 20.3. The zero-order chi connectivity index (χ0) is 17.3. The molecule has 140 valence electrons. The summed E-state index contributed by atoms with van der Waals surface area (Å²) in [6.45, 7) is 2.74. The highest BCUT2D eigenvalue weighted by Crippen LogP contribution is 2.58. The highest BCUT2D eigenvalue weighted by molar-refractivity contribution is 7.15. The van der Waals surface area contributed by atoms with E-state index in [1.807, 2.05) is 12.1 Å². The lowest BCUT2D eigenvalue weighted by Gasteiger charge is -2.23. The Bertz CT molecular complexity index is 753. The number of rotatable bonds is 5. The summed E-state index contributed by atoms with van der Waals surface area (Å²) in [5.41, 5.74) is 1.48. The molecule has 1 aromatic heterocycles. The lowest BCUT2D eigenvalue weighted by molar-refractivity contribution is -0.123. The van der Waals surface area contributed by atoms with Crippen LogP contribution in [0, 0.1) is 11.3 Å². The van der Waals surface area contributed by atoms with Gasteiger partial charge in [-0.3, -0.25) is 4.79 Å². The van der Waals surface area contributed by atoms with E-state index in [4.69, 9.17) is 4.74 Å². The molecule has 1 spiro atoms. The predicted molar refractivity (Wildman–Crippen MR) is 108 cm³/mol. The second kappa shape index (κ2) is 7.99. The Morgan fingerprint density at radius 1 is 1.23 bits per heavy atom. The first-order valence-electron chi connectivity index (χ1n) is 8.92. The molecule has 2 N–H and O–H groups in total. The quantitative estimate of drug-likeness (QED) is 0.812. The summed E-state index contributed by atoms with van der Waals surface area (Å²) in [4.78, 5) is 14.9. The van der Waals surface area contributed by atoms with Crippen molar-refractivity contribution in [2.24, 2.45) is 11.3 Å². The molecule has 1 aromatic carbocycles. The van der Waals surface area contributed by atoms with Crippen LogP contribution in [0.15, 0.2) is 36.4 Å². The van der Waals surface area contributed by atoms with Crippen LogP contribution >= 0.6 is 23.7 Å². The third-order valence-electron chi connectivity index (χ3n) is 5.58. The van der Waals surface area contributed by atoms with Crippen LogP contribution in [0.2, 0.25) is 0 Å². The summed E-state index contributed by atoms with van der Waals surface area (Å²) in [7, 11) is 1.68. The number of carbonyl (C=O) groups is 1. The average Bonchev–Trinajstić information content (AvgIpc) is 3.14. The van der Waals surface area contributed by atoms with E-state index in [0.29, 0.717) is 12.0 Å². The molecule has 2 aliphatic rings. The van der Waals surface area contributed by atoms with Crippen molar-refractivity contribution in [2.45, 2.75) is 25.8 Å². The summed E-state index contributed by atoms with van der Waals surface area (Å²) in [6.07, 6.45) is 3.36. The number of benzene rings is 1. The third-order valence-corrected chi connectivity index (χ3v) is 6.71. The average molecular weight is 393 g/mol. The van der Waals surface area contributed by atoms with Crippen LogP contribution in [0.1, 0.15) is 24.1 Å². The predicted octanol–water partition coefficient (Wildman–Crippen LogP) is 3.85. The number of halogens is 1. The summed E-state index contributed by atoms with van der Waals surface area (Å²) in [5, 5.41) is 6.53. The molecule has 1 aliphatic carbocycles. The van der Waals surface area contributed by atoms with Gasteiger partial charge in [-0.1, -0.05) is 0 Å². The van der Waals surface area contributed by atoms with E-state index in [2.05, 4.69) is 34.9 Å². The van der Waals surface area contributed by atoms with Gasteiger partial charge in [0.05, 0.1) is 13.7 Å². The number of ether oxygens (including phenoxy) is 1. The van der Waals surface area contributed by atoms with Gasteiger partial charge in [-0.2, -0.15) is 0 Å². The van der Waals surface area contributed by atoms with E-state index in [-0.39, 0.29) is 24.2 Å². The van der Waals surface area contributed by atoms with Crippen molar-refractivity contribution in [1.82, 2.24) is 10.6 Å². The SMILES string of the molecule is COc1ccc(-c2ccc(CNC(=O)C3CC34CCNCC4)s2)cc1.Cl. The first-order valence-corrected chi connectivity index (χ1v) is 9.73. The van der Waals surface area contributed by atoms with Crippen LogP contribution in [-0.2, 0) is 11.3 Å². The topological polar surface area (TPSA) is 50.4 Å². The summed E-state index contributed by atoms with van der Waals surface area (Å²) in [6, 6.07) is 12.3. The van der Waals surface area contributed by atoms with Gasteiger partial charge in [-0.05, 0) is 79.7 Å². The largest absolute Gasteiger partial charge is 0.497 e. The molecule has 2 heterocycles. The molecule has 1 amide bonds. The van der Waals surface area contributed by atoms with E-state index in [1.165, 1.54) is 15.3 Å². The first kappa shape index (κ1) is 19.2. The summed E-state index contributed by atoms with van der Waals surface area (Å²) >= 11 is 1.74. The van der Waals surface area contributed by atoms with E-state index in [0.717, 1.165) is 38.1 Å². The second-order valence-corrected chi connectivity index (χ2v) is 8.25. The Balaban J connectivity index is 0.00000196. The highest BCUT2D eigenvalue weighted by Gasteiger charge is 2.57.